The van der Waals surface area contributed by atoms with Crippen LogP contribution >= 0.6 is 0 Å². The number of aliphatic carboxylic acids is 1. The van der Waals surface area contributed by atoms with E-state index in [0.717, 1.165) is 6.92 Å². The zero-order valence-electron chi connectivity index (χ0n) is 9.49. The molecule has 0 saturated heterocycles. The zero-order chi connectivity index (χ0) is 13.1. The molecule has 1 unspecified atom stereocenters. The normalized spacial score (nSPS) is 13.4. The van der Waals surface area contributed by atoms with E-state index in [1.54, 1.807) is 24.3 Å². The predicted octanol–water partition coefficient (Wildman–Crippen LogP) is 2.36. The van der Waals surface area contributed by atoms with Crippen LogP contribution in [-0.4, -0.2) is 17.0 Å². The number of carboxylic acid groups (broad SMARTS) is 1. The molecule has 0 aliphatic carbocycles. The standard InChI is InChI=1S/C12H15F2NO2/c1-12(13,14)7-8-2-4-9(5-3-8)10(15)6-11(16)17/h2-5,10H,6-7,15H2,1H3,(H,16,17). The summed E-state index contributed by atoms with van der Waals surface area (Å²) in [5.41, 5.74) is 6.78. The molecule has 0 spiro atoms. The van der Waals surface area contributed by atoms with Gasteiger partial charge >= 0.3 is 5.97 Å². The molecule has 3 nitrogen and oxygen atoms in total. The average Bonchev–Trinajstić information content (AvgIpc) is 2.15. The molecule has 0 aromatic heterocycles. The maximum Gasteiger partial charge on any atom is 0.305 e. The van der Waals surface area contributed by atoms with Gasteiger partial charge in [0.15, 0.2) is 0 Å². The molecule has 0 fully saturated rings. The van der Waals surface area contributed by atoms with E-state index in [1.807, 2.05) is 0 Å². The van der Waals surface area contributed by atoms with Gasteiger partial charge < -0.3 is 10.8 Å². The number of benzene rings is 1. The van der Waals surface area contributed by atoms with Crippen molar-refractivity contribution >= 4 is 5.97 Å². The highest BCUT2D eigenvalue weighted by molar-refractivity contribution is 5.67. The number of rotatable bonds is 5. The maximum atomic E-state index is 12.7. The highest BCUT2D eigenvalue weighted by Crippen LogP contribution is 2.21. The second kappa shape index (κ2) is 5.23. The maximum absolute atomic E-state index is 12.7. The number of carbonyl (C=O) groups is 1. The summed E-state index contributed by atoms with van der Waals surface area (Å²) in [6.45, 7) is 0.858. The number of halogens is 2. The summed E-state index contributed by atoms with van der Waals surface area (Å²) in [4.78, 5) is 10.5. The van der Waals surface area contributed by atoms with Crippen molar-refractivity contribution in [2.24, 2.45) is 5.73 Å². The van der Waals surface area contributed by atoms with Crippen LogP contribution in [0.2, 0.25) is 0 Å². The van der Waals surface area contributed by atoms with Gasteiger partial charge in [-0.3, -0.25) is 4.79 Å². The molecule has 0 aliphatic heterocycles. The smallest absolute Gasteiger partial charge is 0.305 e. The molecule has 5 heteroatoms. The molecule has 94 valence electrons. The van der Waals surface area contributed by atoms with E-state index in [-0.39, 0.29) is 12.8 Å². The molecular formula is C12H15F2NO2. The molecular weight excluding hydrogens is 228 g/mol. The molecule has 17 heavy (non-hydrogen) atoms. The van der Waals surface area contributed by atoms with Crippen LogP contribution in [0, 0.1) is 0 Å². The molecule has 1 aromatic rings. The number of nitrogens with two attached hydrogens (primary N) is 1. The third kappa shape index (κ3) is 4.91. The van der Waals surface area contributed by atoms with E-state index >= 15 is 0 Å². The Morgan fingerprint density at radius 2 is 1.94 bits per heavy atom. The van der Waals surface area contributed by atoms with Crippen LogP contribution in [0.25, 0.3) is 0 Å². The molecule has 0 aliphatic rings. The van der Waals surface area contributed by atoms with Gasteiger partial charge in [-0.15, -0.1) is 0 Å². The Labute approximate surface area is 98.2 Å². The fourth-order valence-corrected chi connectivity index (χ4v) is 1.55. The van der Waals surface area contributed by atoms with Gasteiger partial charge in [-0.1, -0.05) is 24.3 Å². The quantitative estimate of drug-likeness (QED) is 0.834. The Balaban J connectivity index is 2.71. The van der Waals surface area contributed by atoms with Crippen molar-refractivity contribution < 1.29 is 18.7 Å². The van der Waals surface area contributed by atoms with Gasteiger partial charge in [0, 0.05) is 12.5 Å². The van der Waals surface area contributed by atoms with Crippen molar-refractivity contribution in [1.29, 1.82) is 0 Å². The van der Waals surface area contributed by atoms with Crippen LogP contribution in [0.3, 0.4) is 0 Å². The minimum atomic E-state index is -2.75. The third-order valence-corrected chi connectivity index (χ3v) is 2.32. The number of carboxylic acids is 1. The van der Waals surface area contributed by atoms with Gasteiger partial charge in [0.05, 0.1) is 6.42 Å². The summed E-state index contributed by atoms with van der Waals surface area (Å²) in [5.74, 6) is -3.73. The molecule has 0 bridgehead atoms. The minimum absolute atomic E-state index is 0.177. The fourth-order valence-electron chi connectivity index (χ4n) is 1.55. The van der Waals surface area contributed by atoms with Gasteiger partial charge in [-0.05, 0) is 18.1 Å². The zero-order valence-corrected chi connectivity index (χ0v) is 9.49. The van der Waals surface area contributed by atoms with Crippen molar-refractivity contribution in [2.75, 3.05) is 0 Å². The van der Waals surface area contributed by atoms with Crippen LogP contribution in [-0.2, 0) is 11.2 Å². The first kappa shape index (κ1) is 13.6. The van der Waals surface area contributed by atoms with Gasteiger partial charge in [0.2, 0.25) is 5.92 Å². The van der Waals surface area contributed by atoms with Crippen LogP contribution < -0.4 is 5.73 Å². The van der Waals surface area contributed by atoms with Crippen LogP contribution in [0.15, 0.2) is 24.3 Å². The molecule has 3 N–H and O–H groups in total. The van der Waals surface area contributed by atoms with E-state index in [2.05, 4.69) is 0 Å². The van der Waals surface area contributed by atoms with Crippen LogP contribution in [0.1, 0.15) is 30.5 Å². The second-order valence-corrected chi connectivity index (χ2v) is 4.19. The molecule has 0 saturated carbocycles. The SMILES string of the molecule is CC(F)(F)Cc1ccc(C(N)CC(=O)O)cc1. The van der Waals surface area contributed by atoms with Gasteiger partial charge in [-0.2, -0.15) is 0 Å². The first-order valence-electron chi connectivity index (χ1n) is 5.22. The Hall–Kier alpha value is -1.49. The summed E-state index contributed by atoms with van der Waals surface area (Å²) in [7, 11) is 0. The summed E-state index contributed by atoms with van der Waals surface area (Å²) in [6, 6.07) is 5.68. The molecule has 0 amide bonds. The number of hydrogen-bond acceptors (Lipinski definition) is 2. The summed E-state index contributed by atoms with van der Waals surface area (Å²) in [5, 5.41) is 8.57. The Bertz CT molecular complexity index is 384. The number of alkyl halides is 2. The second-order valence-electron chi connectivity index (χ2n) is 4.19. The molecule has 1 aromatic carbocycles. The lowest BCUT2D eigenvalue weighted by Crippen LogP contribution is -2.16. The number of hydrogen-bond donors (Lipinski definition) is 2. The van der Waals surface area contributed by atoms with E-state index < -0.39 is 17.9 Å². The summed E-state index contributed by atoms with van der Waals surface area (Å²) < 4.78 is 25.5. The van der Waals surface area contributed by atoms with Gasteiger partial charge in [0.1, 0.15) is 0 Å². The van der Waals surface area contributed by atoms with Crippen molar-refractivity contribution in [3.8, 4) is 0 Å². The van der Waals surface area contributed by atoms with E-state index in [1.165, 1.54) is 0 Å². The first-order valence-corrected chi connectivity index (χ1v) is 5.22. The molecule has 1 atom stereocenters. The third-order valence-electron chi connectivity index (χ3n) is 2.32. The minimum Gasteiger partial charge on any atom is -0.481 e. The van der Waals surface area contributed by atoms with Crippen LogP contribution in [0.5, 0.6) is 0 Å². The Morgan fingerprint density at radius 1 is 1.41 bits per heavy atom. The Kier molecular flexibility index (Phi) is 4.17. The topological polar surface area (TPSA) is 63.3 Å². The lowest BCUT2D eigenvalue weighted by Gasteiger charge is -2.12. The molecule has 0 heterocycles. The lowest BCUT2D eigenvalue weighted by atomic mass is 10.0. The highest BCUT2D eigenvalue weighted by Gasteiger charge is 2.21. The van der Waals surface area contributed by atoms with Crippen molar-refractivity contribution in [2.45, 2.75) is 31.7 Å². The van der Waals surface area contributed by atoms with Gasteiger partial charge in [0.25, 0.3) is 0 Å². The Morgan fingerprint density at radius 3 is 2.35 bits per heavy atom. The van der Waals surface area contributed by atoms with Gasteiger partial charge in [-0.25, -0.2) is 8.78 Å². The van der Waals surface area contributed by atoms with Crippen molar-refractivity contribution in [1.82, 2.24) is 0 Å². The highest BCUT2D eigenvalue weighted by atomic mass is 19.3. The summed E-state index contributed by atoms with van der Waals surface area (Å²) >= 11 is 0. The van der Waals surface area contributed by atoms with Crippen molar-refractivity contribution in [3.05, 3.63) is 35.4 Å². The fraction of sp³-hybridized carbons (Fsp3) is 0.417. The first-order chi connectivity index (χ1) is 7.78. The lowest BCUT2D eigenvalue weighted by molar-refractivity contribution is -0.137. The average molecular weight is 243 g/mol. The predicted molar refractivity (Wildman–Crippen MR) is 59.9 cm³/mol. The van der Waals surface area contributed by atoms with E-state index in [9.17, 15) is 13.6 Å². The largest absolute Gasteiger partial charge is 0.481 e. The molecule has 1 rings (SSSR count). The summed E-state index contributed by atoms with van der Waals surface area (Å²) in [6.07, 6.45) is -0.509. The van der Waals surface area contributed by atoms with E-state index in [0.29, 0.717) is 11.1 Å². The molecule has 0 radical (unpaired) electrons. The van der Waals surface area contributed by atoms with E-state index in [4.69, 9.17) is 10.8 Å². The van der Waals surface area contributed by atoms with Crippen LogP contribution in [0.4, 0.5) is 8.78 Å². The monoisotopic (exact) mass is 243 g/mol. The van der Waals surface area contributed by atoms with Crippen molar-refractivity contribution in [3.63, 3.8) is 0 Å².